The number of hydrogen-bond acceptors (Lipinski definition) is 8. The fraction of sp³-hybridized carbons (Fsp3) is 0.429. The molecule has 0 saturated carbocycles. The van der Waals surface area contributed by atoms with Crippen LogP contribution in [0.3, 0.4) is 0 Å². The lowest BCUT2D eigenvalue weighted by Crippen LogP contribution is -2.04. The molecule has 0 fully saturated rings. The normalized spacial score (nSPS) is 11.2. The molecular formula is C42H53NO8. The highest BCUT2D eigenvalue weighted by Gasteiger charge is 2.18. The first-order chi connectivity index (χ1) is 24.8. The van der Waals surface area contributed by atoms with E-state index >= 15 is 0 Å². The van der Waals surface area contributed by atoms with Crippen LogP contribution in [-0.4, -0.2) is 37.5 Å². The molecule has 0 heterocycles. The molecule has 0 N–H and O–H groups in total. The number of carbonyl (C=O) groups is 2. The second-order valence-corrected chi connectivity index (χ2v) is 12.5. The molecule has 0 atom stereocenters. The molecule has 0 aliphatic rings. The minimum absolute atomic E-state index is 0.186. The molecule has 0 unspecified atom stereocenters. The van der Waals surface area contributed by atoms with Gasteiger partial charge in [-0.3, -0.25) is 14.9 Å². The van der Waals surface area contributed by atoms with Gasteiger partial charge in [0.05, 0.1) is 37.4 Å². The molecule has 9 nitrogen and oxygen atoms in total. The Hall–Kier alpha value is -4.92. The average Bonchev–Trinajstić information content (AvgIpc) is 3.14. The SMILES string of the molecule is CCCCCCCCCCCCCCCCOc1ccc(/C=C/C(=O)Oc2ccc(C(=O)/C=C/c3cc(OC)c(OC)cc3[N+](=O)[O-])cc2)cc1. The van der Waals surface area contributed by atoms with Crippen LogP contribution in [0.15, 0.2) is 72.8 Å². The maximum atomic E-state index is 12.7. The van der Waals surface area contributed by atoms with Crippen LogP contribution in [0, 0.1) is 10.1 Å². The van der Waals surface area contributed by atoms with Crippen LogP contribution in [0.25, 0.3) is 12.2 Å². The number of methoxy groups -OCH3 is 2. The summed E-state index contributed by atoms with van der Waals surface area (Å²) in [4.78, 5) is 36.1. The molecule has 3 aromatic carbocycles. The number of rotatable bonds is 25. The first-order valence-corrected chi connectivity index (χ1v) is 18.2. The number of nitro benzene ring substituents is 1. The smallest absolute Gasteiger partial charge is 0.336 e. The van der Waals surface area contributed by atoms with E-state index in [0.29, 0.717) is 17.9 Å². The highest BCUT2D eigenvalue weighted by molar-refractivity contribution is 6.07. The molecule has 0 aliphatic heterocycles. The van der Waals surface area contributed by atoms with Gasteiger partial charge in [0.2, 0.25) is 0 Å². The average molecular weight is 700 g/mol. The maximum Gasteiger partial charge on any atom is 0.336 e. The molecule has 9 heteroatoms. The van der Waals surface area contributed by atoms with E-state index in [1.54, 1.807) is 6.08 Å². The predicted octanol–water partition coefficient (Wildman–Crippen LogP) is 11.0. The van der Waals surface area contributed by atoms with Gasteiger partial charge in [0.1, 0.15) is 11.5 Å². The number of hydrogen-bond donors (Lipinski definition) is 0. The van der Waals surface area contributed by atoms with Crippen molar-refractivity contribution in [2.45, 2.75) is 96.8 Å². The topological polar surface area (TPSA) is 114 Å². The third-order valence-electron chi connectivity index (χ3n) is 8.56. The summed E-state index contributed by atoms with van der Waals surface area (Å²) < 4.78 is 21.6. The quantitative estimate of drug-likeness (QED) is 0.0163. The standard InChI is InChI=1S/C42H53NO8/c1-4-5-6-7-8-9-10-11-12-13-14-15-16-17-30-50-36-24-18-33(19-25-36)20-29-42(45)51-37-26-21-34(22-27-37)39(44)28-23-35-31-40(48-2)41(49-3)32-38(35)43(46)47/h18-29,31-32H,4-17,30H2,1-3H3/b28-23+,29-20+. The second kappa shape index (κ2) is 23.5. The lowest BCUT2D eigenvalue weighted by molar-refractivity contribution is -0.385. The molecular weight excluding hydrogens is 646 g/mol. The summed E-state index contributed by atoms with van der Waals surface area (Å²) >= 11 is 0. The fourth-order valence-corrected chi connectivity index (χ4v) is 5.60. The zero-order valence-corrected chi connectivity index (χ0v) is 30.4. The minimum Gasteiger partial charge on any atom is -0.494 e. The van der Waals surface area contributed by atoms with Gasteiger partial charge in [-0.25, -0.2) is 4.79 Å². The lowest BCUT2D eigenvalue weighted by atomic mass is 10.0. The number of carbonyl (C=O) groups excluding carboxylic acids is 2. The Labute approximate surface area is 302 Å². The van der Waals surface area contributed by atoms with E-state index in [0.717, 1.165) is 17.7 Å². The van der Waals surface area contributed by atoms with Gasteiger partial charge in [-0.05, 0) is 72.7 Å². The summed E-state index contributed by atoms with van der Waals surface area (Å²) in [5, 5.41) is 11.5. The maximum absolute atomic E-state index is 12.7. The van der Waals surface area contributed by atoms with E-state index in [2.05, 4.69) is 6.92 Å². The van der Waals surface area contributed by atoms with E-state index in [4.69, 9.17) is 18.9 Å². The molecule has 0 amide bonds. The summed E-state index contributed by atoms with van der Waals surface area (Å²) in [6.07, 6.45) is 24.2. The van der Waals surface area contributed by atoms with E-state index in [9.17, 15) is 19.7 Å². The molecule has 51 heavy (non-hydrogen) atoms. The fourth-order valence-electron chi connectivity index (χ4n) is 5.60. The molecule has 274 valence electrons. The van der Waals surface area contributed by atoms with Crippen molar-refractivity contribution in [3.05, 3.63) is 99.6 Å². The Morgan fingerprint density at radius 2 is 1.20 bits per heavy atom. The van der Waals surface area contributed by atoms with Gasteiger partial charge >= 0.3 is 5.97 Å². The van der Waals surface area contributed by atoms with Crippen LogP contribution in [0.2, 0.25) is 0 Å². The molecule has 0 bridgehead atoms. The van der Waals surface area contributed by atoms with Crippen LogP contribution in [-0.2, 0) is 4.79 Å². The number of ether oxygens (including phenoxy) is 4. The number of benzene rings is 3. The Kier molecular flexibility index (Phi) is 18.6. The van der Waals surface area contributed by atoms with Crippen molar-refractivity contribution >= 4 is 29.6 Å². The Morgan fingerprint density at radius 3 is 1.75 bits per heavy atom. The minimum atomic E-state index is -0.562. The molecule has 0 saturated heterocycles. The molecule has 0 aromatic heterocycles. The first kappa shape index (κ1) is 40.5. The number of esters is 1. The lowest BCUT2D eigenvalue weighted by Gasteiger charge is -2.08. The van der Waals surface area contributed by atoms with Crippen molar-refractivity contribution in [3.8, 4) is 23.0 Å². The summed E-state index contributed by atoms with van der Waals surface area (Å²) in [7, 11) is 2.80. The molecule has 0 radical (unpaired) electrons. The third kappa shape index (κ3) is 15.2. The number of allylic oxidation sites excluding steroid dienone is 1. The van der Waals surface area contributed by atoms with E-state index in [-0.39, 0.29) is 28.5 Å². The van der Waals surface area contributed by atoms with Gasteiger partial charge < -0.3 is 18.9 Å². The van der Waals surface area contributed by atoms with E-state index in [1.165, 1.54) is 152 Å². The van der Waals surface area contributed by atoms with Crippen molar-refractivity contribution in [2.24, 2.45) is 0 Å². The number of nitro groups is 1. The zero-order chi connectivity index (χ0) is 36.7. The van der Waals surface area contributed by atoms with Crippen molar-refractivity contribution in [1.29, 1.82) is 0 Å². The largest absolute Gasteiger partial charge is 0.494 e. The van der Waals surface area contributed by atoms with Crippen molar-refractivity contribution in [2.75, 3.05) is 20.8 Å². The van der Waals surface area contributed by atoms with Crippen LogP contribution in [0.4, 0.5) is 5.69 Å². The van der Waals surface area contributed by atoms with Gasteiger partial charge in [-0.1, -0.05) is 103 Å². The first-order valence-electron chi connectivity index (χ1n) is 18.2. The highest BCUT2D eigenvalue weighted by atomic mass is 16.6. The molecule has 0 aliphatic carbocycles. The summed E-state index contributed by atoms with van der Waals surface area (Å²) in [6, 6.07) is 16.3. The van der Waals surface area contributed by atoms with E-state index in [1.807, 2.05) is 24.3 Å². The molecule has 3 aromatic rings. The van der Waals surface area contributed by atoms with E-state index < -0.39 is 10.9 Å². The van der Waals surface area contributed by atoms with Crippen LogP contribution in [0.5, 0.6) is 23.0 Å². The molecule has 3 rings (SSSR count). The predicted molar refractivity (Wildman–Crippen MR) is 203 cm³/mol. The van der Waals surface area contributed by atoms with Gasteiger partial charge in [0.15, 0.2) is 17.3 Å². The monoisotopic (exact) mass is 699 g/mol. The number of nitrogens with zero attached hydrogens (tertiary/aromatic N) is 1. The second-order valence-electron chi connectivity index (χ2n) is 12.5. The summed E-state index contributed by atoms with van der Waals surface area (Å²) in [6.45, 7) is 2.96. The molecule has 0 spiro atoms. The summed E-state index contributed by atoms with van der Waals surface area (Å²) in [5.41, 5.74) is 1.10. The van der Waals surface area contributed by atoms with Crippen molar-refractivity contribution < 1.29 is 33.5 Å². The Morgan fingerprint density at radius 1 is 0.667 bits per heavy atom. The van der Waals surface area contributed by atoms with Crippen molar-refractivity contribution in [1.82, 2.24) is 0 Å². The van der Waals surface area contributed by atoms with Gasteiger partial charge in [0, 0.05) is 11.6 Å². The zero-order valence-electron chi connectivity index (χ0n) is 30.4. The van der Waals surface area contributed by atoms with Crippen LogP contribution >= 0.6 is 0 Å². The van der Waals surface area contributed by atoms with Gasteiger partial charge in [0.25, 0.3) is 5.69 Å². The van der Waals surface area contributed by atoms with Crippen molar-refractivity contribution in [3.63, 3.8) is 0 Å². The number of ketones is 1. The Balaban J connectivity index is 1.33. The van der Waals surface area contributed by atoms with Crippen LogP contribution < -0.4 is 18.9 Å². The van der Waals surface area contributed by atoms with Crippen LogP contribution in [0.1, 0.15) is 118 Å². The summed E-state index contributed by atoms with van der Waals surface area (Å²) in [5.74, 6) is 0.633. The van der Waals surface area contributed by atoms with Gasteiger partial charge in [-0.2, -0.15) is 0 Å². The Bertz CT molecular complexity index is 1560. The third-order valence-corrected chi connectivity index (χ3v) is 8.56. The van der Waals surface area contributed by atoms with Gasteiger partial charge in [-0.15, -0.1) is 0 Å². The number of unbranched alkanes of at least 4 members (excludes halogenated alkanes) is 13. The highest BCUT2D eigenvalue weighted by Crippen LogP contribution is 2.35.